The number of aliphatic imine (C=N–C) groups is 1. The van der Waals surface area contributed by atoms with Gasteiger partial charge < -0.3 is 15.0 Å². The number of para-hydroxylation sites is 1. The largest absolute Gasteiger partial charge is 0.494 e. The number of ether oxygens (including phenoxy) is 1. The number of nitrogens with one attached hydrogen (secondary N) is 2. The van der Waals surface area contributed by atoms with Gasteiger partial charge in [0.1, 0.15) is 11.6 Å². The first kappa shape index (κ1) is 21.6. The molecule has 0 spiro atoms. The minimum Gasteiger partial charge on any atom is -0.494 e. The monoisotopic (exact) mass is 407 g/mol. The fraction of sp³-hybridized carbons (Fsp3) is 0.375. The van der Waals surface area contributed by atoms with Crippen LogP contribution in [-0.4, -0.2) is 40.1 Å². The summed E-state index contributed by atoms with van der Waals surface area (Å²) in [4.78, 5) is 6.95. The maximum Gasteiger partial charge on any atom is 0.146 e. The van der Waals surface area contributed by atoms with E-state index in [1.807, 2.05) is 56.5 Å². The molecule has 1 fully saturated rings. The quantitative estimate of drug-likeness (QED) is 0.394. The van der Waals surface area contributed by atoms with Crippen LogP contribution in [0.3, 0.4) is 0 Å². The lowest BCUT2D eigenvalue weighted by atomic mass is 10.1. The first-order valence-corrected chi connectivity index (χ1v) is 10.5. The van der Waals surface area contributed by atoms with E-state index < -0.39 is 0 Å². The molecule has 2 N–H and O–H groups in total. The molecule has 0 radical (unpaired) electrons. The first-order chi connectivity index (χ1) is 14.6. The highest BCUT2D eigenvalue weighted by Crippen LogP contribution is 2.32. The third-order valence-corrected chi connectivity index (χ3v) is 5.33. The van der Waals surface area contributed by atoms with Crippen LogP contribution < -0.4 is 25.4 Å². The van der Waals surface area contributed by atoms with E-state index >= 15 is 0 Å². The van der Waals surface area contributed by atoms with Crippen molar-refractivity contribution < 1.29 is 4.74 Å². The van der Waals surface area contributed by atoms with Crippen LogP contribution in [0.25, 0.3) is 6.08 Å². The van der Waals surface area contributed by atoms with Crippen molar-refractivity contribution in [3.63, 3.8) is 0 Å². The molecule has 0 atom stereocenters. The van der Waals surface area contributed by atoms with E-state index in [1.165, 1.54) is 24.9 Å². The molecule has 2 aromatic carbocycles. The lowest BCUT2D eigenvalue weighted by molar-refractivity contribution is 0.414. The smallest absolute Gasteiger partial charge is 0.146 e. The molecule has 6 heteroatoms. The van der Waals surface area contributed by atoms with Crippen molar-refractivity contribution in [3.05, 3.63) is 54.2 Å². The van der Waals surface area contributed by atoms with Crippen molar-refractivity contribution in [2.75, 3.05) is 49.5 Å². The fourth-order valence-corrected chi connectivity index (χ4v) is 3.72. The summed E-state index contributed by atoms with van der Waals surface area (Å²) in [5.74, 6) is 1.64. The zero-order valence-corrected chi connectivity index (χ0v) is 18.5. The highest BCUT2D eigenvalue weighted by molar-refractivity contribution is 5.83. The lowest BCUT2D eigenvalue weighted by Crippen LogP contribution is -2.38. The average molecular weight is 408 g/mol. The standard InChI is InChI=1S/C24H33N5O/c1-19(26-15-14-20-10-6-7-11-22(20)25-2)27-28(3)23-13-12-21(18-24(23)30-4)29-16-8-5-9-17-29/h6-7,10-15,18,25H,5,8-9,16-17H2,1-4H3,(H,26,27)/b15-14-. The van der Waals surface area contributed by atoms with Crippen molar-refractivity contribution >= 4 is 29.0 Å². The first-order valence-electron chi connectivity index (χ1n) is 10.5. The number of hydrogen-bond donors (Lipinski definition) is 2. The Labute approximate surface area is 180 Å². The highest BCUT2D eigenvalue weighted by atomic mass is 16.5. The normalized spacial score (nSPS) is 14.7. The third kappa shape index (κ3) is 5.47. The summed E-state index contributed by atoms with van der Waals surface area (Å²) in [6.07, 6.45) is 7.64. The molecule has 0 saturated carbocycles. The zero-order chi connectivity index (χ0) is 21.3. The molecule has 2 aromatic rings. The third-order valence-electron chi connectivity index (χ3n) is 5.33. The van der Waals surface area contributed by atoms with E-state index in [4.69, 9.17) is 4.74 Å². The van der Waals surface area contributed by atoms with E-state index in [2.05, 4.69) is 44.9 Å². The molecule has 1 heterocycles. The number of hydrazine groups is 1. The Morgan fingerprint density at radius 3 is 2.63 bits per heavy atom. The van der Waals surface area contributed by atoms with E-state index in [0.29, 0.717) is 0 Å². The summed E-state index contributed by atoms with van der Waals surface area (Å²) < 4.78 is 5.67. The van der Waals surface area contributed by atoms with E-state index in [9.17, 15) is 0 Å². The van der Waals surface area contributed by atoms with E-state index in [-0.39, 0.29) is 0 Å². The molecule has 160 valence electrons. The Balaban J connectivity index is 1.67. The van der Waals surface area contributed by atoms with Gasteiger partial charge in [0.15, 0.2) is 0 Å². The molecule has 0 aromatic heterocycles. The van der Waals surface area contributed by atoms with Gasteiger partial charge in [0.25, 0.3) is 0 Å². The molecule has 0 aliphatic carbocycles. The second-order valence-electron chi connectivity index (χ2n) is 7.44. The Morgan fingerprint density at radius 2 is 1.90 bits per heavy atom. The van der Waals surface area contributed by atoms with Gasteiger partial charge in [-0.25, -0.2) is 4.99 Å². The van der Waals surface area contributed by atoms with Crippen molar-refractivity contribution in [1.82, 2.24) is 5.43 Å². The van der Waals surface area contributed by atoms with E-state index in [0.717, 1.165) is 41.6 Å². The molecule has 6 nitrogen and oxygen atoms in total. The van der Waals surface area contributed by atoms with Crippen molar-refractivity contribution in [1.29, 1.82) is 0 Å². The minimum absolute atomic E-state index is 0.790. The zero-order valence-electron chi connectivity index (χ0n) is 18.5. The summed E-state index contributed by atoms with van der Waals surface area (Å²) in [7, 11) is 5.61. The van der Waals surface area contributed by atoms with Gasteiger partial charge in [0, 0.05) is 50.8 Å². The van der Waals surface area contributed by atoms with Crippen LogP contribution in [-0.2, 0) is 0 Å². The summed E-state index contributed by atoms with van der Waals surface area (Å²) in [5.41, 5.74) is 7.67. The number of nitrogens with zero attached hydrogens (tertiary/aromatic N) is 3. The summed E-state index contributed by atoms with van der Waals surface area (Å²) in [6.45, 7) is 4.18. The number of rotatable bonds is 7. The Hall–Kier alpha value is -3.15. The van der Waals surface area contributed by atoms with Crippen molar-refractivity contribution in [3.8, 4) is 5.75 Å². The topological polar surface area (TPSA) is 52.1 Å². The fourth-order valence-electron chi connectivity index (χ4n) is 3.72. The predicted octanol–water partition coefficient (Wildman–Crippen LogP) is 4.76. The van der Waals surface area contributed by atoms with Crippen LogP contribution >= 0.6 is 0 Å². The van der Waals surface area contributed by atoms with Crippen LogP contribution in [0, 0.1) is 0 Å². The maximum atomic E-state index is 5.67. The lowest BCUT2D eigenvalue weighted by Gasteiger charge is -2.30. The average Bonchev–Trinajstić information content (AvgIpc) is 2.79. The van der Waals surface area contributed by atoms with Gasteiger partial charge in [-0.2, -0.15) is 0 Å². The number of anilines is 3. The van der Waals surface area contributed by atoms with Crippen LogP contribution in [0.4, 0.5) is 17.1 Å². The molecule has 0 bridgehead atoms. The van der Waals surface area contributed by atoms with Crippen molar-refractivity contribution in [2.45, 2.75) is 26.2 Å². The number of hydrogen-bond acceptors (Lipinski definition) is 5. The number of methoxy groups -OCH3 is 1. The molecule has 30 heavy (non-hydrogen) atoms. The summed E-state index contributed by atoms with van der Waals surface area (Å²) >= 11 is 0. The van der Waals surface area contributed by atoms with E-state index in [1.54, 1.807) is 7.11 Å². The molecule has 1 aliphatic heterocycles. The van der Waals surface area contributed by atoms with Gasteiger partial charge in [-0.1, -0.05) is 18.2 Å². The number of benzene rings is 2. The molecule has 3 rings (SSSR count). The number of amidine groups is 1. The van der Waals surface area contributed by atoms with Crippen LogP contribution in [0.15, 0.2) is 53.7 Å². The van der Waals surface area contributed by atoms with Crippen LogP contribution in [0.1, 0.15) is 31.7 Å². The predicted molar refractivity (Wildman–Crippen MR) is 129 cm³/mol. The van der Waals surface area contributed by atoms with Crippen LogP contribution in [0.2, 0.25) is 0 Å². The van der Waals surface area contributed by atoms with Crippen molar-refractivity contribution in [2.24, 2.45) is 4.99 Å². The Kier molecular flexibility index (Phi) is 7.60. The molecular weight excluding hydrogens is 374 g/mol. The van der Waals surface area contributed by atoms with Gasteiger partial charge in [0.2, 0.25) is 0 Å². The minimum atomic E-state index is 0.790. The van der Waals surface area contributed by atoms with Crippen LogP contribution in [0.5, 0.6) is 5.75 Å². The highest BCUT2D eigenvalue weighted by Gasteiger charge is 2.15. The Bertz CT molecular complexity index is 887. The number of piperidine rings is 1. The van der Waals surface area contributed by atoms with Gasteiger partial charge in [0.05, 0.1) is 12.8 Å². The second kappa shape index (κ2) is 10.6. The molecule has 1 saturated heterocycles. The molecular formula is C24H33N5O. The van der Waals surface area contributed by atoms with Gasteiger partial charge in [-0.3, -0.25) is 10.4 Å². The Morgan fingerprint density at radius 1 is 1.13 bits per heavy atom. The molecule has 0 amide bonds. The summed E-state index contributed by atoms with van der Waals surface area (Å²) in [5, 5.41) is 5.12. The molecule has 1 aliphatic rings. The summed E-state index contributed by atoms with van der Waals surface area (Å²) in [6, 6.07) is 14.5. The van der Waals surface area contributed by atoms with Gasteiger partial charge in [-0.05, 0) is 56.0 Å². The second-order valence-corrected chi connectivity index (χ2v) is 7.44. The molecule has 0 unspecified atom stereocenters. The SMILES string of the molecule is CNc1ccccc1/C=C\N=C(C)NN(C)c1ccc(N2CCCCC2)cc1OC. The van der Waals surface area contributed by atoms with Gasteiger partial charge >= 0.3 is 0 Å². The van der Waals surface area contributed by atoms with Gasteiger partial charge in [-0.15, -0.1) is 0 Å². The maximum absolute atomic E-state index is 5.67.